The van der Waals surface area contributed by atoms with Crippen LogP contribution in [0.4, 0.5) is 5.95 Å². The minimum Gasteiger partial charge on any atom is -0.378 e. The van der Waals surface area contributed by atoms with Crippen LogP contribution in [-0.2, 0) is 29.7 Å². The Bertz CT molecular complexity index is 921. The van der Waals surface area contributed by atoms with E-state index in [1.807, 2.05) is 12.5 Å². The molecule has 29 heavy (non-hydrogen) atoms. The summed E-state index contributed by atoms with van der Waals surface area (Å²) >= 11 is 0. The Hall–Kier alpha value is -2.19. The largest absolute Gasteiger partial charge is 0.378 e. The first kappa shape index (κ1) is 18.8. The van der Waals surface area contributed by atoms with E-state index in [9.17, 15) is 4.79 Å². The summed E-state index contributed by atoms with van der Waals surface area (Å²) in [6, 6.07) is 0. The summed E-state index contributed by atoms with van der Waals surface area (Å²) in [5.74, 6) is 0.729. The van der Waals surface area contributed by atoms with Crippen molar-refractivity contribution in [1.29, 1.82) is 0 Å². The second kappa shape index (κ2) is 7.57. The van der Waals surface area contributed by atoms with Crippen molar-refractivity contribution in [2.24, 2.45) is 0 Å². The number of piperidine rings is 1. The van der Waals surface area contributed by atoms with Gasteiger partial charge in [0.1, 0.15) is 0 Å². The monoisotopic (exact) mass is 398 g/mol. The Labute approximate surface area is 170 Å². The lowest BCUT2D eigenvalue weighted by molar-refractivity contribution is 0.121. The molecule has 1 aliphatic carbocycles. The molecule has 0 bridgehead atoms. The molecule has 1 N–H and O–H groups in total. The summed E-state index contributed by atoms with van der Waals surface area (Å²) in [5.41, 5.74) is 3.38. The molecule has 8 nitrogen and oxygen atoms in total. The lowest BCUT2D eigenvalue weighted by Crippen LogP contribution is -2.43. The van der Waals surface area contributed by atoms with E-state index in [1.54, 1.807) is 0 Å². The van der Waals surface area contributed by atoms with E-state index in [-0.39, 0.29) is 11.0 Å². The molecule has 8 heteroatoms. The van der Waals surface area contributed by atoms with Gasteiger partial charge in [-0.25, -0.2) is 9.97 Å². The van der Waals surface area contributed by atoms with Gasteiger partial charge in [0.25, 0.3) is 5.56 Å². The van der Waals surface area contributed by atoms with Crippen molar-refractivity contribution in [2.75, 3.05) is 44.3 Å². The standard InChI is InChI=1S/C21H30N6O2/c1-2-26-15-22-13-16(26)14-25-7-5-21(6-8-25)4-3-17-18(21)23-20(24-19(17)28)27-9-11-29-12-10-27/h13,15H,2-12,14H2,1H3,(H,23,24,28). The number of rotatable bonds is 4. The lowest BCUT2D eigenvalue weighted by atomic mass is 9.76. The fourth-order valence-electron chi connectivity index (χ4n) is 5.18. The summed E-state index contributed by atoms with van der Waals surface area (Å²) < 4.78 is 7.67. The molecule has 2 aromatic rings. The van der Waals surface area contributed by atoms with Gasteiger partial charge in [-0.2, -0.15) is 0 Å². The molecule has 2 fully saturated rings. The summed E-state index contributed by atoms with van der Waals surface area (Å²) in [6.07, 6.45) is 7.93. The Kier molecular flexibility index (Phi) is 4.91. The molecule has 0 radical (unpaired) electrons. The van der Waals surface area contributed by atoms with E-state index >= 15 is 0 Å². The second-order valence-electron chi connectivity index (χ2n) is 8.54. The SMILES string of the molecule is CCn1cncc1CN1CCC2(CCc3c2nc(N2CCOCC2)[nH]c3=O)CC1. The van der Waals surface area contributed by atoms with E-state index < -0.39 is 0 Å². The van der Waals surface area contributed by atoms with Crippen LogP contribution in [0.15, 0.2) is 17.3 Å². The molecule has 0 saturated carbocycles. The zero-order chi connectivity index (χ0) is 19.8. The highest BCUT2D eigenvalue weighted by atomic mass is 16.5. The summed E-state index contributed by atoms with van der Waals surface area (Å²) in [7, 11) is 0. The van der Waals surface area contributed by atoms with Gasteiger partial charge in [-0.3, -0.25) is 14.7 Å². The Morgan fingerprint density at radius 3 is 2.72 bits per heavy atom. The fourth-order valence-corrected chi connectivity index (χ4v) is 5.18. The van der Waals surface area contributed by atoms with Gasteiger partial charge in [-0.15, -0.1) is 0 Å². The molecule has 0 amide bonds. The number of morpholine rings is 1. The molecule has 2 aliphatic heterocycles. The van der Waals surface area contributed by atoms with Crippen LogP contribution in [0, 0.1) is 0 Å². The molecule has 0 atom stereocenters. The molecular weight excluding hydrogens is 368 g/mol. The zero-order valence-corrected chi connectivity index (χ0v) is 17.2. The van der Waals surface area contributed by atoms with E-state index in [2.05, 4.69) is 31.3 Å². The van der Waals surface area contributed by atoms with Crippen LogP contribution in [0.2, 0.25) is 0 Å². The quantitative estimate of drug-likeness (QED) is 0.836. The third-order valence-corrected chi connectivity index (χ3v) is 7.01. The van der Waals surface area contributed by atoms with Gasteiger partial charge in [0.05, 0.1) is 30.9 Å². The number of aromatic nitrogens is 4. The molecule has 0 aromatic carbocycles. The highest BCUT2D eigenvalue weighted by molar-refractivity contribution is 5.40. The third-order valence-electron chi connectivity index (χ3n) is 7.01. The first-order chi connectivity index (χ1) is 14.2. The van der Waals surface area contributed by atoms with Crippen LogP contribution in [0.25, 0.3) is 0 Å². The average molecular weight is 399 g/mol. The Morgan fingerprint density at radius 1 is 1.17 bits per heavy atom. The van der Waals surface area contributed by atoms with Gasteiger partial charge in [-0.05, 0) is 45.7 Å². The van der Waals surface area contributed by atoms with E-state index in [1.165, 1.54) is 5.69 Å². The van der Waals surface area contributed by atoms with Crippen LogP contribution in [0.5, 0.6) is 0 Å². The van der Waals surface area contributed by atoms with Gasteiger partial charge in [-0.1, -0.05) is 0 Å². The molecule has 1 spiro atoms. The fraction of sp³-hybridized carbons (Fsp3) is 0.667. The first-order valence-corrected chi connectivity index (χ1v) is 10.9. The lowest BCUT2D eigenvalue weighted by Gasteiger charge is -2.39. The van der Waals surface area contributed by atoms with E-state index in [0.29, 0.717) is 13.2 Å². The van der Waals surface area contributed by atoms with Crippen molar-refractivity contribution in [2.45, 2.75) is 51.1 Å². The maximum absolute atomic E-state index is 12.8. The van der Waals surface area contributed by atoms with Crippen LogP contribution in [0.1, 0.15) is 43.1 Å². The molecule has 0 unspecified atom stereocenters. The van der Waals surface area contributed by atoms with Crippen molar-refractivity contribution >= 4 is 5.95 Å². The molecule has 5 rings (SSSR count). The molecular formula is C21H30N6O2. The Balaban J connectivity index is 1.35. The number of aromatic amines is 1. The van der Waals surface area contributed by atoms with E-state index in [0.717, 1.165) is 82.2 Å². The highest BCUT2D eigenvalue weighted by Gasteiger charge is 2.44. The van der Waals surface area contributed by atoms with Crippen molar-refractivity contribution in [1.82, 2.24) is 24.4 Å². The second-order valence-corrected chi connectivity index (χ2v) is 8.54. The maximum Gasteiger partial charge on any atom is 0.255 e. The highest BCUT2D eigenvalue weighted by Crippen LogP contribution is 2.44. The average Bonchev–Trinajstić information content (AvgIpc) is 3.35. The van der Waals surface area contributed by atoms with Crippen molar-refractivity contribution < 1.29 is 4.74 Å². The molecule has 2 saturated heterocycles. The van der Waals surface area contributed by atoms with Crippen molar-refractivity contribution in [3.8, 4) is 0 Å². The smallest absolute Gasteiger partial charge is 0.255 e. The van der Waals surface area contributed by atoms with Crippen molar-refractivity contribution in [3.05, 3.63) is 39.8 Å². The number of ether oxygens (including phenoxy) is 1. The van der Waals surface area contributed by atoms with Crippen LogP contribution < -0.4 is 10.5 Å². The predicted molar refractivity (Wildman–Crippen MR) is 110 cm³/mol. The molecule has 156 valence electrons. The van der Waals surface area contributed by atoms with Gasteiger partial charge in [0.2, 0.25) is 5.95 Å². The topological polar surface area (TPSA) is 79.3 Å². The van der Waals surface area contributed by atoms with E-state index in [4.69, 9.17) is 9.72 Å². The minimum absolute atomic E-state index is 0.0580. The van der Waals surface area contributed by atoms with Crippen LogP contribution in [0.3, 0.4) is 0 Å². The summed E-state index contributed by atoms with van der Waals surface area (Å²) in [4.78, 5) is 29.8. The van der Waals surface area contributed by atoms with Gasteiger partial charge in [0.15, 0.2) is 0 Å². The summed E-state index contributed by atoms with van der Waals surface area (Å²) in [5, 5.41) is 0. The number of hydrogen-bond acceptors (Lipinski definition) is 6. The number of likely N-dealkylation sites (tertiary alicyclic amines) is 1. The number of imidazole rings is 1. The number of hydrogen-bond donors (Lipinski definition) is 1. The molecule has 2 aromatic heterocycles. The van der Waals surface area contributed by atoms with Crippen LogP contribution >= 0.6 is 0 Å². The maximum atomic E-state index is 12.8. The zero-order valence-electron chi connectivity index (χ0n) is 17.2. The number of aryl methyl sites for hydroxylation is 1. The first-order valence-electron chi connectivity index (χ1n) is 10.9. The van der Waals surface area contributed by atoms with Crippen LogP contribution in [-0.4, -0.2) is 63.8 Å². The summed E-state index contributed by atoms with van der Waals surface area (Å²) in [6.45, 7) is 9.08. The Morgan fingerprint density at radius 2 is 1.97 bits per heavy atom. The number of H-pyrrole nitrogens is 1. The number of nitrogens with zero attached hydrogens (tertiary/aromatic N) is 5. The van der Waals surface area contributed by atoms with Gasteiger partial charge >= 0.3 is 0 Å². The third kappa shape index (κ3) is 3.38. The van der Waals surface area contributed by atoms with Gasteiger partial charge < -0.3 is 14.2 Å². The minimum atomic E-state index is 0.0580. The van der Waals surface area contributed by atoms with Crippen molar-refractivity contribution in [3.63, 3.8) is 0 Å². The number of anilines is 1. The number of nitrogens with one attached hydrogen (secondary N) is 1. The van der Waals surface area contributed by atoms with Gasteiger partial charge in [0, 0.05) is 43.4 Å². The molecule has 3 aliphatic rings. The number of fused-ring (bicyclic) bond motifs is 2. The predicted octanol–water partition coefficient (Wildman–Crippen LogP) is 1.30. The molecule has 4 heterocycles. The normalized spacial score (nSPS) is 21.6.